The van der Waals surface area contributed by atoms with E-state index in [0.29, 0.717) is 13.1 Å². The predicted octanol–water partition coefficient (Wildman–Crippen LogP) is 1.42. The topological polar surface area (TPSA) is 70.1 Å². The highest BCUT2D eigenvalue weighted by atomic mass is 32.1. The van der Waals surface area contributed by atoms with Gasteiger partial charge in [-0.2, -0.15) is 0 Å². The Balaban J connectivity index is 2.06. The van der Waals surface area contributed by atoms with Gasteiger partial charge in [0.15, 0.2) is 11.1 Å². The molecule has 1 aromatic rings. The van der Waals surface area contributed by atoms with Crippen molar-refractivity contribution in [3.63, 3.8) is 0 Å². The van der Waals surface area contributed by atoms with E-state index in [1.54, 1.807) is 11.3 Å². The summed E-state index contributed by atoms with van der Waals surface area (Å²) in [5.74, 6) is 0.838. The molecule has 1 aliphatic rings. The third kappa shape index (κ3) is 4.37. The Morgan fingerprint density at radius 2 is 2.29 bits per heavy atom. The third-order valence-corrected chi connectivity index (χ3v) is 5.12. The van der Waals surface area contributed by atoms with Crippen LogP contribution in [0.25, 0.3) is 0 Å². The van der Waals surface area contributed by atoms with Crippen LogP contribution in [0, 0.1) is 11.8 Å². The first kappa shape index (κ1) is 18.5. The van der Waals surface area contributed by atoms with Crippen LogP contribution in [-0.4, -0.2) is 62.7 Å². The lowest BCUT2D eigenvalue weighted by Gasteiger charge is -2.21. The second kappa shape index (κ2) is 8.32. The molecule has 1 fully saturated rings. The molecule has 0 aromatic carbocycles. The van der Waals surface area contributed by atoms with Crippen LogP contribution in [0.4, 0.5) is 5.13 Å². The summed E-state index contributed by atoms with van der Waals surface area (Å²) in [7, 11) is 5.41. The summed E-state index contributed by atoms with van der Waals surface area (Å²) in [6.07, 6.45) is 0. The SMILES string of the molecule is CCNC(=NCc1csc(N(C)C)n1)N1CC(C)C(C(=O)OC)C1. The minimum Gasteiger partial charge on any atom is -0.469 e. The Labute approximate surface area is 147 Å². The average molecular weight is 353 g/mol. The number of anilines is 1. The number of guanidine groups is 1. The maximum Gasteiger partial charge on any atom is 0.310 e. The molecule has 134 valence electrons. The van der Waals surface area contributed by atoms with Crippen LogP contribution in [0.3, 0.4) is 0 Å². The Morgan fingerprint density at radius 1 is 1.54 bits per heavy atom. The molecule has 0 spiro atoms. The summed E-state index contributed by atoms with van der Waals surface area (Å²) in [6.45, 7) is 6.87. The van der Waals surface area contributed by atoms with Crippen molar-refractivity contribution in [1.82, 2.24) is 15.2 Å². The fourth-order valence-electron chi connectivity index (χ4n) is 2.75. The van der Waals surface area contributed by atoms with E-state index < -0.39 is 0 Å². The molecular formula is C16H27N5O2S. The van der Waals surface area contributed by atoms with Gasteiger partial charge in [0.25, 0.3) is 0 Å². The van der Waals surface area contributed by atoms with E-state index in [0.717, 1.165) is 29.9 Å². The van der Waals surface area contributed by atoms with Crippen molar-refractivity contribution in [2.75, 3.05) is 45.7 Å². The lowest BCUT2D eigenvalue weighted by Crippen LogP contribution is -2.40. The first-order valence-electron chi connectivity index (χ1n) is 8.19. The Bertz CT molecular complexity index is 587. The number of aromatic nitrogens is 1. The molecule has 0 aliphatic carbocycles. The first-order valence-corrected chi connectivity index (χ1v) is 9.07. The van der Waals surface area contributed by atoms with Crippen LogP contribution in [0.2, 0.25) is 0 Å². The van der Waals surface area contributed by atoms with Crippen LogP contribution in [0.5, 0.6) is 0 Å². The molecule has 2 atom stereocenters. The van der Waals surface area contributed by atoms with Crippen LogP contribution in [0.1, 0.15) is 19.5 Å². The van der Waals surface area contributed by atoms with E-state index >= 15 is 0 Å². The molecule has 1 saturated heterocycles. The van der Waals surface area contributed by atoms with Gasteiger partial charge < -0.3 is 19.9 Å². The van der Waals surface area contributed by atoms with Gasteiger partial charge in [-0.25, -0.2) is 9.98 Å². The highest BCUT2D eigenvalue weighted by molar-refractivity contribution is 7.13. The van der Waals surface area contributed by atoms with Crippen molar-refractivity contribution in [2.24, 2.45) is 16.8 Å². The average Bonchev–Trinajstić information content (AvgIpc) is 3.17. The van der Waals surface area contributed by atoms with Crippen LogP contribution in [-0.2, 0) is 16.1 Å². The number of carbonyl (C=O) groups excluding carboxylic acids is 1. The minimum absolute atomic E-state index is 0.0986. The van der Waals surface area contributed by atoms with E-state index in [2.05, 4.69) is 22.1 Å². The van der Waals surface area contributed by atoms with E-state index in [4.69, 9.17) is 9.73 Å². The van der Waals surface area contributed by atoms with Crippen molar-refractivity contribution in [1.29, 1.82) is 0 Å². The maximum absolute atomic E-state index is 11.9. The van der Waals surface area contributed by atoms with Gasteiger partial charge in [-0.15, -0.1) is 11.3 Å². The highest BCUT2D eigenvalue weighted by Gasteiger charge is 2.36. The van der Waals surface area contributed by atoms with Gasteiger partial charge in [0, 0.05) is 39.1 Å². The van der Waals surface area contributed by atoms with Gasteiger partial charge in [0.2, 0.25) is 0 Å². The molecular weight excluding hydrogens is 326 g/mol. The Kier molecular flexibility index (Phi) is 6.42. The number of carbonyl (C=O) groups is 1. The maximum atomic E-state index is 11.9. The molecule has 1 N–H and O–H groups in total. The predicted molar refractivity (Wildman–Crippen MR) is 97.5 cm³/mol. The fourth-order valence-corrected chi connectivity index (χ4v) is 3.50. The number of methoxy groups -OCH3 is 1. The molecule has 0 saturated carbocycles. The number of nitrogens with zero attached hydrogens (tertiary/aromatic N) is 4. The number of rotatable bonds is 5. The quantitative estimate of drug-likeness (QED) is 0.490. The molecule has 2 rings (SSSR count). The van der Waals surface area contributed by atoms with E-state index in [1.807, 2.05) is 31.3 Å². The molecule has 0 radical (unpaired) electrons. The van der Waals surface area contributed by atoms with Crippen molar-refractivity contribution >= 4 is 28.4 Å². The Hall–Kier alpha value is -1.83. The summed E-state index contributed by atoms with van der Waals surface area (Å²) >= 11 is 1.61. The number of nitrogens with one attached hydrogen (secondary N) is 1. The minimum atomic E-state index is -0.143. The molecule has 8 heteroatoms. The molecule has 1 aromatic heterocycles. The summed E-state index contributed by atoms with van der Waals surface area (Å²) in [6, 6.07) is 0. The van der Waals surface area contributed by atoms with Crippen LogP contribution >= 0.6 is 11.3 Å². The number of thiazole rings is 1. The molecule has 7 nitrogen and oxygen atoms in total. The lowest BCUT2D eigenvalue weighted by atomic mass is 9.99. The van der Waals surface area contributed by atoms with Gasteiger partial charge in [-0.1, -0.05) is 6.92 Å². The highest BCUT2D eigenvalue weighted by Crippen LogP contribution is 2.24. The lowest BCUT2D eigenvalue weighted by molar-refractivity contribution is -0.145. The van der Waals surface area contributed by atoms with E-state index in [-0.39, 0.29) is 17.8 Å². The monoisotopic (exact) mass is 353 g/mol. The zero-order valence-corrected chi connectivity index (χ0v) is 15.9. The molecule has 24 heavy (non-hydrogen) atoms. The zero-order chi connectivity index (χ0) is 17.7. The summed E-state index contributed by atoms with van der Waals surface area (Å²) < 4.78 is 4.91. The number of hydrogen-bond acceptors (Lipinski definition) is 6. The number of esters is 1. The smallest absolute Gasteiger partial charge is 0.310 e. The number of likely N-dealkylation sites (tertiary alicyclic amines) is 1. The van der Waals surface area contributed by atoms with Gasteiger partial charge >= 0.3 is 5.97 Å². The van der Waals surface area contributed by atoms with Gasteiger partial charge in [-0.05, 0) is 12.8 Å². The standard InChI is InChI=1S/C16H27N5O2S/c1-6-17-15(18-7-12-10-24-16(19-12)20(3)4)21-8-11(2)13(9-21)14(22)23-5/h10-11,13H,6-9H2,1-5H3,(H,17,18). The molecule has 2 heterocycles. The fraction of sp³-hybridized carbons (Fsp3) is 0.688. The second-order valence-corrected chi connectivity index (χ2v) is 7.03. The van der Waals surface area contributed by atoms with Gasteiger partial charge in [0.05, 0.1) is 25.3 Å². The second-order valence-electron chi connectivity index (χ2n) is 6.20. The number of ether oxygens (including phenoxy) is 1. The van der Waals surface area contributed by atoms with E-state index in [9.17, 15) is 4.79 Å². The summed E-state index contributed by atoms with van der Waals surface area (Å²) in [5, 5.41) is 6.32. The summed E-state index contributed by atoms with van der Waals surface area (Å²) in [4.78, 5) is 25.3. The van der Waals surface area contributed by atoms with Gasteiger partial charge in [0.1, 0.15) is 0 Å². The van der Waals surface area contributed by atoms with Crippen molar-refractivity contribution in [3.05, 3.63) is 11.1 Å². The third-order valence-electron chi connectivity index (χ3n) is 4.06. The van der Waals surface area contributed by atoms with E-state index in [1.165, 1.54) is 7.11 Å². The van der Waals surface area contributed by atoms with Crippen LogP contribution in [0.15, 0.2) is 10.4 Å². The molecule has 0 amide bonds. The van der Waals surface area contributed by atoms with Crippen molar-refractivity contribution < 1.29 is 9.53 Å². The zero-order valence-electron chi connectivity index (χ0n) is 15.1. The Morgan fingerprint density at radius 3 is 2.88 bits per heavy atom. The molecule has 1 aliphatic heterocycles. The first-order chi connectivity index (χ1) is 11.5. The molecule has 2 unspecified atom stereocenters. The number of hydrogen-bond donors (Lipinski definition) is 1. The van der Waals surface area contributed by atoms with Crippen molar-refractivity contribution in [3.8, 4) is 0 Å². The largest absolute Gasteiger partial charge is 0.469 e. The van der Waals surface area contributed by atoms with Crippen molar-refractivity contribution in [2.45, 2.75) is 20.4 Å². The van der Waals surface area contributed by atoms with Crippen LogP contribution < -0.4 is 10.2 Å². The summed E-state index contributed by atoms with van der Waals surface area (Å²) in [5.41, 5.74) is 0.955. The van der Waals surface area contributed by atoms with Gasteiger partial charge in [-0.3, -0.25) is 4.79 Å². The number of aliphatic imine (C=N–C) groups is 1. The molecule has 0 bridgehead atoms. The normalized spacial score (nSPS) is 21.0.